The van der Waals surface area contributed by atoms with Gasteiger partial charge in [-0.2, -0.15) is 10.1 Å². The van der Waals surface area contributed by atoms with E-state index in [-0.39, 0.29) is 5.97 Å². The number of nitrogens with zero attached hydrogens (tertiary/aromatic N) is 3. The van der Waals surface area contributed by atoms with Crippen LogP contribution in [0.3, 0.4) is 0 Å². The number of aromatic nitrogens is 3. The summed E-state index contributed by atoms with van der Waals surface area (Å²) in [7, 11) is 1.61. The average Bonchev–Trinajstić information content (AvgIpc) is 3.06. The summed E-state index contributed by atoms with van der Waals surface area (Å²) >= 11 is 0. The second kappa shape index (κ2) is 6.74. The Morgan fingerprint density at radius 3 is 3.00 bits per heavy atom. The van der Waals surface area contributed by atoms with E-state index in [0.29, 0.717) is 29.6 Å². The smallest absolute Gasteiger partial charge is 0.338 e. The first-order valence-corrected chi connectivity index (χ1v) is 7.84. The Balaban J connectivity index is 2.08. The van der Waals surface area contributed by atoms with Crippen LogP contribution in [0.5, 0.6) is 5.75 Å². The minimum Gasteiger partial charge on any atom is -0.497 e. The second-order valence-electron chi connectivity index (χ2n) is 5.51. The maximum absolute atomic E-state index is 12.6. The Kier molecular flexibility index (Phi) is 4.50. The highest BCUT2D eigenvalue weighted by atomic mass is 16.5. The molecule has 0 bridgehead atoms. The van der Waals surface area contributed by atoms with Gasteiger partial charge >= 0.3 is 5.97 Å². The third-order valence-corrected chi connectivity index (χ3v) is 3.86. The van der Waals surface area contributed by atoms with E-state index < -0.39 is 6.04 Å². The molecule has 7 nitrogen and oxygen atoms in total. The van der Waals surface area contributed by atoms with Gasteiger partial charge < -0.3 is 14.8 Å². The number of rotatable bonds is 5. The largest absolute Gasteiger partial charge is 0.497 e. The molecule has 2 heterocycles. The fourth-order valence-electron chi connectivity index (χ4n) is 2.75. The van der Waals surface area contributed by atoms with Crippen LogP contribution < -0.4 is 10.1 Å². The molecule has 0 saturated carbocycles. The van der Waals surface area contributed by atoms with Crippen molar-refractivity contribution in [1.82, 2.24) is 14.8 Å². The SMILES string of the molecule is CCCOC(=O)C1=C(C)Nc2ncnn2C1c1cccc(OC)c1. The van der Waals surface area contributed by atoms with E-state index in [0.717, 1.165) is 12.0 Å². The van der Waals surface area contributed by atoms with Gasteiger partial charge in [0.05, 0.1) is 19.3 Å². The van der Waals surface area contributed by atoms with E-state index in [1.165, 1.54) is 6.33 Å². The fourth-order valence-corrected chi connectivity index (χ4v) is 2.75. The summed E-state index contributed by atoms with van der Waals surface area (Å²) in [5.41, 5.74) is 2.12. The van der Waals surface area contributed by atoms with Crippen molar-refractivity contribution in [3.8, 4) is 5.75 Å². The summed E-state index contributed by atoms with van der Waals surface area (Å²) in [5, 5.41) is 7.39. The molecular weight excluding hydrogens is 308 g/mol. The van der Waals surface area contributed by atoms with Gasteiger partial charge in [-0.1, -0.05) is 19.1 Å². The molecule has 0 saturated heterocycles. The van der Waals surface area contributed by atoms with Crippen LogP contribution in [0.1, 0.15) is 31.9 Å². The number of hydrogen-bond donors (Lipinski definition) is 1. The molecule has 0 spiro atoms. The normalized spacial score (nSPS) is 16.4. The Hall–Kier alpha value is -2.83. The molecule has 0 fully saturated rings. The molecular formula is C17H20N4O3. The first kappa shape index (κ1) is 16.0. The number of benzene rings is 1. The molecule has 1 atom stereocenters. The molecule has 1 N–H and O–H groups in total. The van der Waals surface area contributed by atoms with Gasteiger partial charge in [0.1, 0.15) is 18.1 Å². The first-order valence-electron chi connectivity index (χ1n) is 7.84. The third kappa shape index (κ3) is 2.84. The minimum absolute atomic E-state index is 0.351. The number of fused-ring (bicyclic) bond motifs is 1. The first-order chi connectivity index (χ1) is 11.7. The Labute approximate surface area is 140 Å². The van der Waals surface area contributed by atoms with Gasteiger partial charge in [-0.25, -0.2) is 9.48 Å². The van der Waals surface area contributed by atoms with Gasteiger partial charge in [-0.05, 0) is 31.0 Å². The lowest BCUT2D eigenvalue weighted by molar-refractivity contribution is -0.139. The zero-order chi connectivity index (χ0) is 17.1. The van der Waals surface area contributed by atoms with Gasteiger partial charge in [0.15, 0.2) is 0 Å². The Bertz CT molecular complexity index is 782. The number of allylic oxidation sites excluding steroid dienone is 1. The van der Waals surface area contributed by atoms with Crippen LogP contribution in [0.4, 0.5) is 5.95 Å². The molecule has 1 aromatic heterocycles. The quantitative estimate of drug-likeness (QED) is 0.850. The summed E-state index contributed by atoms with van der Waals surface area (Å²) < 4.78 is 12.4. The summed E-state index contributed by atoms with van der Waals surface area (Å²) in [5.74, 6) is 0.954. The van der Waals surface area contributed by atoms with E-state index in [4.69, 9.17) is 9.47 Å². The number of esters is 1. The Morgan fingerprint density at radius 2 is 2.25 bits per heavy atom. The molecule has 24 heavy (non-hydrogen) atoms. The molecule has 1 aromatic carbocycles. The van der Waals surface area contributed by atoms with E-state index >= 15 is 0 Å². The number of ether oxygens (including phenoxy) is 2. The Morgan fingerprint density at radius 1 is 1.42 bits per heavy atom. The van der Waals surface area contributed by atoms with Crippen molar-refractivity contribution in [3.63, 3.8) is 0 Å². The number of nitrogens with one attached hydrogen (secondary N) is 1. The van der Waals surface area contributed by atoms with Crippen molar-refractivity contribution in [1.29, 1.82) is 0 Å². The van der Waals surface area contributed by atoms with Gasteiger partial charge in [0.25, 0.3) is 0 Å². The second-order valence-corrected chi connectivity index (χ2v) is 5.51. The zero-order valence-electron chi connectivity index (χ0n) is 13.9. The lowest BCUT2D eigenvalue weighted by atomic mass is 9.95. The maximum Gasteiger partial charge on any atom is 0.338 e. The molecule has 0 amide bonds. The van der Waals surface area contributed by atoms with Crippen LogP contribution in [-0.2, 0) is 9.53 Å². The van der Waals surface area contributed by atoms with E-state index in [1.54, 1.807) is 11.8 Å². The van der Waals surface area contributed by atoms with Crippen molar-refractivity contribution < 1.29 is 14.3 Å². The maximum atomic E-state index is 12.6. The number of carbonyl (C=O) groups is 1. The van der Waals surface area contributed by atoms with Crippen molar-refractivity contribution in [3.05, 3.63) is 47.4 Å². The number of methoxy groups -OCH3 is 1. The highest BCUT2D eigenvalue weighted by molar-refractivity contribution is 5.92. The van der Waals surface area contributed by atoms with Crippen LogP contribution >= 0.6 is 0 Å². The predicted molar refractivity (Wildman–Crippen MR) is 88.7 cm³/mol. The van der Waals surface area contributed by atoms with Crippen molar-refractivity contribution in [2.45, 2.75) is 26.3 Å². The van der Waals surface area contributed by atoms with Gasteiger partial charge in [-0.3, -0.25) is 0 Å². The molecule has 0 aliphatic carbocycles. The minimum atomic E-state index is -0.414. The molecule has 1 aliphatic rings. The molecule has 7 heteroatoms. The lowest BCUT2D eigenvalue weighted by Gasteiger charge is -2.28. The lowest BCUT2D eigenvalue weighted by Crippen LogP contribution is -2.29. The van der Waals surface area contributed by atoms with E-state index in [1.807, 2.05) is 38.1 Å². The standard InChI is InChI=1S/C17H20N4O3/c1-4-8-24-16(22)14-11(2)20-17-18-10-19-21(17)15(14)12-6-5-7-13(9-12)23-3/h5-7,9-10,15H,4,8H2,1-3H3,(H,18,19,20). The van der Waals surface area contributed by atoms with Crippen LogP contribution in [-0.4, -0.2) is 34.5 Å². The average molecular weight is 328 g/mol. The van der Waals surface area contributed by atoms with Crippen molar-refractivity contribution >= 4 is 11.9 Å². The molecule has 1 unspecified atom stereocenters. The topological polar surface area (TPSA) is 78.3 Å². The summed E-state index contributed by atoms with van der Waals surface area (Å²) in [6, 6.07) is 7.16. The van der Waals surface area contributed by atoms with Crippen LogP contribution in [0.2, 0.25) is 0 Å². The highest BCUT2D eigenvalue weighted by Gasteiger charge is 2.34. The van der Waals surface area contributed by atoms with Gasteiger partial charge in [0, 0.05) is 5.70 Å². The molecule has 1 aliphatic heterocycles. The van der Waals surface area contributed by atoms with Gasteiger partial charge in [0.2, 0.25) is 5.95 Å². The molecule has 3 rings (SSSR count). The molecule has 0 radical (unpaired) electrons. The van der Waals surface area contributed by atoms with E-state index in [2.05, 4.69) is 15.4 Å². The third-order valence-electron chi connectivity index (χ3n) is 3.86. The van der Waals surface area contributed by atoms with Crippen LogP contribution in [0, 0.1) is 0 Å². The number of carbonyl (C=O) groups excluding carboxylic acids is 1. The predicted octanol–water partition coefficient (Wildman–Crippen LogP) is 2.53. The van der Waals surface area contributed by atoms with Gasteiger partial charge in [-0.15, -0.1) is 0 Å². The van der Waals surface area contributed by atoms with Crippen molar-refractivity contribution in [2.75, 3.05) is 19.0 Å². The monoisotopic (exact) mass is 328 g/mol. The summed E-state index contributed by atoms with van der Waals surface area (Å²) in [4.78, 5) is 16.8. The number of anilines is 1. The highest BCUT2D eigenvalue weighted by Crippen LogP contribution is 2.36. The summed E-state index contributed by atoms with van der Waals surface area (Å²) in [6.07, 6.45) is 2.23. The van der Waals surface area contributed by atoms with Crippen LogP contribution in [0.15, 0.2) is 41.9 Å². The molecule has 126 valence electrons. The fraction of sp³-hybridized carbons (Fsp3) is 0.353. The summed E-state index contributed by atoms with van der Waals surface area (Å²) in [6.45, 7) is 4.18. The molecule has 2 aromatic rings. The number of hydrogen-bond acceptors (Lipinski definition) is 6. The van der Waals surface area contributed by atoms with Crippen LogP contribution in [0.25, 0.3) is 0 Å². The van der Waals surface area contributed by atoms with E-state index in [9.17, 15) is 4.79 Å². The van der Waals surface area contributed by atoms with Crippen molar-refractivity contribution in [2.24, 2.45) is 0 Å². The zero-order valence-corrected chi connectivity index (χ0v) is 13.9.